The Balaban J connectivity index is 2.53. The van der Waals surface area contributed by atoms with Crippen molar-refractivity contribution in [3.63, 3.8) is 0 Å². The number of rotatable bonds is 5. The predicted molar refractivity (Wildman–Crippen MR) is 67.7 cm³/mol. The molecule has 0 saturated carbocycles. The van der Waals surface area contributed by atoms with Crippen LogP contribution in [0.15, 0.2) is 24.3 Å². The summed E-state index contributed by atoms with van der Waals surface area (Å²) in [5.74, 6) is 0.275. The number of phenols is 1. The first-order valence-electron chi connectivity index (χ1n) is 5.71. The molecule has 0 aliphatic rings. The lowest BCUT2D eigenvalue weighted by molar-refractivity contribution is -0.124. The van der Waals surface area contributed by atoms with E-state index in [2.05, 4.69) is 5.32 Å². The molecule has 0 fully saturated rings. The first-order valence-corrected chi connectivity index (χ1v) is 5.71. The van der Waals surface area contributed by atoms with Crippen LogP contribution in [0, 0.1) is 5.92 Å². The zero-order valence-corrected chi connectivity index (χ0v) is 10.6. The summed E-state index contributed by atoms with van der Waals surface area (Å²) in [6.07, 6.45) is 0. The van der Waals surface area contributed by atoms with Gasteiger partial charge in [0, 0.05) is 31.6 Å². The molecule has 0 heterocycles. The molecule has 0 aromatic heterocycles. The minimum atomic E-state index is -0.0594. The fraction of sp³-hybridized carbons (Fsp3) is 0.462. The standard InChI is InChI=1S/C13H20N2O2/c1-10(13(17)14-2)8-15(3)9-11-6-4-5-7-12(11)16/h4-7,10,16H,8-9H2,1-3H3,(H,14,17). The molecule has 0 radical (unpaired) electrons. The molecular weight excluding hydrogens is 216 g/mol. The third-order valence-corrected chi connectivity index (χ3v) is 2.71. The number of hydrogen-bond acceptors (Lipinski definition) is 3. The van der Waals surface area contributed by atoms with Crippen molar-refractivity contribution in [2.75, 3.05) is 20.6 Å². The van der Waals surface area contributed by atoms with Crippen LogP contribution in [0.4, 0.5) is 0 Å². The molecule has 0 saturated heterocycles. The van der Waals surface area contributed by atoms with Crippen molar-refractivity contribution in [3.8, 4) is 5.75 Å². The summed E-state index contributed by atoms with van der Waals surface area (Å²) in [7, 11) is 3.58. The van der Waals surface area contributed by atoms with Crippen molar-refractivity contribution in [2.45, 2.75) is 13.5 Å². The smallest absolute Gasteiger partial charge is 0.223 e. The molecule has 0 aliphatic heterocycles. The number of hydrogen-bond donors (Lipinski definition) is 2. The minimum Gasteiger partial charge on any atom is -0.508 e. The van der Waals surface area contributed by atoms with Crippen molar-refractivity contribution in [1.82, 2.24) is 10.2 Å². The molecule has 1 atom stereocenters. The monoisotopic (exact) mass is 236 g/mol. The van der Waals surface area contributed by atoms with E-state index in [-0.39, 0.29) is 11.8 Å². The van der Waals surface area contributed by atoms with E-state index in [0.29, 0.717) is 18.8 Å². The molecule has 0 bridgehead atoms. The third kappa shape index (κ3) is 4.07. The molecule has 1 rings (SSSR count). The van der Waals surface area contributed by atoms with Crippen LogP contribution in [-0.4, -0.2) is 36.6 Å². The molecule has 2 N–H and O–H groups in total. The van der Waals surface area contributed by atoms with E-state index in [9.17, 15) is 9.90 Å². The molecule has 1 aromatic carbocycles. The lowest BCUT2D eigenvalue weighted by atomic mass is 10.1. The summed E-state index contributed by atoms with van der Waals surface area (Å²) < 4.78 is 0. The molecule has 94 valence electrons. The number of benzene rings is 1. The second-order valence-corrected chi connectivity index (χ2v) is 4.34. The zero-order valence-electron chi connectivity index (χ0n) is 10.6. The lowest BCUT2D eigenvalue weighted by Crippen LogP contribution is -2.34. The quantitative estimate of drug-likeness (QED) is 0.808. The van der Waals surface area contributed by atoms with E-state index in [0.717, 1.165) is 5.56 Å². The van der Waals surface area contributed by atoms with E-state index in [1.54, 1.807) is 19.2 Å². The highest BCUT2D eigenvalue weighted by atomic mass is 16.3. The second-order valence-electron chi connectivity index (χ2n) is 4.34. The first kappa shape index (κ1) is 13.5. The Bertz CT molecular complexity index is 379. The fourth-order valence-corrected chi connectivity index (χ4v) is 1.80. The van der Waals surface area contributed by atoms with E-state index in [4.69, 9.17) is 0 Å². The van der Waals surface area contributed by atoms with Gasteiger partial charge in [-0.1, -0.05) is 25.1 Å². The number of phenolic OH excluding ortho intramolecular Hbond substituents is 1. The van der Waals surface area contributed by atoms with Crippen molar-refractivity contribution in [3.05, 3.63) is 29.8 Å². The maximum absolute atomic E-state index is 11.4. The largest absolute Gasteiger partial charge is 0.508 e. The predicted octanol–water partition coefficient (Wildman–Crippen LogP) is 1.21. The molecule has 17 heavy (non-hydrogen) atoms. The number of amides is 1. The van der Waals surface area contributed by atoms with Gasteiger partial charge in [0.25, 0.3) is 0 Å². The van der Waals surface area contributed by atoms with E-state index < -0.39 is 0 Å². The van der Waals surface area contributed by atoms with Gasteiger partial charge < -0.3 is 15.3 Å². The van der Waals surface area contributed by atoms with Crippen LogP contribution in [0.5, 0.6) is 5.75 Å². The van der Waals surface area contributed by atoms with Gasteiger partial charge in [-0.2, -0.15) is 0 Å². The van der Waals surface area contributed by atoms with E-state index >= 15 is 0 Å². The van der Waals surface area contributed by atoms with Gasteiger partial charge in [0.05, 0.1) is 0 Å². The minimum absolute atomic E-state index is 0.0362. The SMILES string of the molecule is CNC(=O)C(C)CN(C)Cc1ccccc1O. The van der Waals surface area contributed by atoms with Gasteiger partial charge >= 0.3 is 0 Å². The third-order valence-electron chi connectivity index (χ3n) is 2.71. The van der Waals surface area contributed by atoms with Crippen LogP contribution < -0.4 is 5.32 Å². The Morgan fingerprint density at radius 3 is 2.71 bits per heavy atom. The van der Waals surface area contributed by atoms with Crippen LogP contribution in [0.2, 0.25) is 0 Å². The highest BCUT2D eigenvalue weighted by Gasteiger charge is 2.14. The molecule has 1 unspecified atom stereocenters. The van der Waals surface area contributed by atoms with Gasteiger partial charge in [0.1, 0.15) is 5.75 Å². The Hall–Kier alpha value is -1.55. The average Bonchev–Trinajstić information content (AvgIpc) is 2.31. The van der Waals surface area contributed by atoms with Crippen molar-refractivity contribution >= 4 is 5.91 Å². The fourth-order valence-electron chi connectivity index (χ4n) is 1.80. The molecular formula is C13H20N2O2. The Morgan fingerprint density at radius 2 is 2.12 bits per heavy atom. The van der Waals surface area contributed by atoms with Gasteiger partial charge in [-0.05, 0) is 13.1 Å². The topological polar surface area (TPSA) is 52.6 Å². The van der Waals surface area contributed by atoms with Gasteiger partial charge in [0.2, 0.25) is 5.91 Å². The highest BCUT2D eigenvalue weighted by Crippen LogP contribution is 2.17. The molecule has 1 amide bonds. The van der Waals surface area contributed by atoms with Crippen LogP contribution in [0.3, 0.4) is 0 Å². The number of carbonyl (C=O) groups is 1. The van der Waals surface area contributed by atoms with Gasteiger partial charge in [-0.25, -0.2) is 0 Å². The van der Waals surface area contributed by atoms with Crippen LogP contribution in [0.1, 0.15) is 12.5 Å². The summed E-state index contributed by atoms with van der Waals surface area (Å²) in [5, 5.41) is 12.3. The van der Waals surface area contributed by atoms with Crippen molar-refractivity contribution in [1.29, 1.82) is 0 Å². The number of carbonyl (C=O) groups excluding carboxylic acids is 1. The summed E-state index contributed by atoms with van der Waals surface area (Å²) in [6, 6.07) is 7.25. The summed E-state index contributed by atoms with van der Waals surface area (Å²) >= 11 is 0. The maximum Gasteiger partial charge on any atom is 0.223 e. The molecule has 4 nitrogen and oxygen atoms in total. The van der Waals surface area contributed by atoms with Crippen molar-refractivity contribution < 1.29 is 9.90 Å². The van der Waals surface area contributed by atoms with Crippen LogP contribution in [-0.2, 0) is 11.3 Å². The summed E-state index contributed by atoms with van der Waals surface area (Å²) in [4.78, 5) is 13.4. The van der Waals surface area contributed by atoms with Crippen LogP contribution in [0.25, 0.3) is 0 Å². The highest BCUT2D eigenvalue weighted by molar-refractivity contribution is 5.78. The van der Waals surface area contributed by atoms with Gasteiger partial charge in [0.15, 0.2) is 0 Å². The molecule has 0 aliphatic carbocycles. The Morgan fingerprint density at radius 1 is 1.47 bits per heavy atom. The van der Waals surface area contributed by atoms with Gasteiger partial charge in [-0.15, -0.1) is 0 Å². The maximum atomic E-state index is 11.4. The lowest BCUT2D eigenvalue weighted by Gasteiger charge is -2.20. The molecule has 0 spiro atoms. The summed E-state index contributed by atoms with van der Waals surface area (Å²) in [6.45, 7) is 3.18. The summed E-state index contributed by atoms with van der Waals surface area (Å²) in [5.41, 5.74) is 0.874. The zero-order chi connectivity index (χ0) is 12.8. The number of aromatic hydroxyl groups is 1. The number of nitrogens with one attached hydrogen (secondary N) is 1. The number of para-hydroxylation sites is 1. The first-order chi connectivity index (χ1) is 8.04. The van der Waals surface area contributed by atoms with Gasteiger partial charge in [-0.3, -0.25) is 4.79 Å². The molecule has 1 aromatic rings. The van der Waals surface area contributed by atoms with E-state index in [1.165, 1.54) is 0 Å². The van der Waals surface area contributed by atoms with E-state index in [1.807, 2.05) is 31.0 Å². The average molecular weight is 236 g/mol. The van der Waals surface area contributed by atoms with Crippen LogP contribution >= 0.6 is 0 Å². The Kier molecular flexibility index (Phi) is 4.97. The number of nitrogens with zero attached hydrogens (tertiary/aromatic N) is 1. The molecule has 4 heteroatoms. The second kappa shape index (κ2) is 6.25. The Labute approximate surface area is 102 Å². The van der Waals surface area contributed by atoms with Crippen molar-refractivity contribution in [2.24, 2.45) is 5.92 Å². The normalized spacial score (nSPS) is 12.5.